The lowest BCUT2D eigenvalue weighted by molar-refractivity contribution is 0.195. The number of fused-ring (bicyclic) bond motifs is 2. The smallest absolute Gasteiger partial charge is 0.154 e. The Morgan fingerprint density at radius 1 is 1.14 bits per heavy atom. The van der Waals surface area contributed by atoms with Gasteiger partial charge in [0, 0.05) is 6.20 Å². The van der Waals surface area contributed by atoms with Gasteiger partial charge in [0.15, 0.2) is 5.75 Å². The molecule has 6 nitrogen and oxygen atoms in total. The van der Waals surface area contributed by atoms with E-state index in [1.807, 2.05) is 49.5 Å². The molecular formula is C23H22N4O2. The molecule has 0 saturated heterocycles. The first-order valence-electron chi connectivity index (χ1n) is 9.69. The zero-order valence-electron chi connectivity index (χ0n) is 16.4. The number of benzene rings is 2. The number of H-pyrrole nitrogens is 1. The van der Waals surface area contributed by atoms with Gasteiger partial charge in [-0.25, -0.2) is 9.97 Å². The third-order valence-electron chi connectivity index (χ3n) is 5.29. The summed E-state index contributed by atoms with van der Waals surface area (Å²) in [6.07, 6.45) is 1.84. The standard InChI is InChI=1S/C23H22N4O2/c1-14-6-8-18-19(10-14)26-23(25-18)17-4-3-5-20-22(17)29-13-16(12-28)27(20)21-9-7-15(2)11-24-21/h3-11,16,28H,12-13H2,1-2H3,(H,25,26)/t16-/m0/s1. The van der Waals surface area contributed by atoms with Crippen LogP contribution in [0.15, 0.2) is 54.7 Å². The van der Waals surface area contributed by atoms with E-state index in [4.69, 9.17) is 9.72 Å². The topological polar surface area (TPSA) is 74.3 Å². The maximum absolute atomic E-state index is 9.94. The van der Waals surface area contributed by atoms with Crippen molar-refractivity contribution in [1.29, 1.82) is 0 Å². The molecular weight excluding hydrogens is 364 g/mol. The maximum Gasteiger partial charge on any atom is 0.154 e. The summed E-state index contributed by atoms with van der Waals surface area (Å²) in [6, 6.07) is 16.0. The number of hydrogen-bond donors (Lipinski definition) is 2. The molecule has 0 amide bonds. The van der Waals surface area contributed by atoms with Crippen molar-refractivity contribution in [3.8, 4) is 17.1 Å². The Kier molecular flexibility index (Phi) is 4.21. The van der Waals surface area contributed by atoms with Crippen LogP contribution in [0.4, 0.5) is 11.5 Å². The van der Waals surface area contributed by atoms with E-state index < -0.39 is 0 Å². The fourth-order valence-corrected chi connectivity index (χ4v) is 3.79. The largest absolute Gasteiger partial charge is 0.488 e. The number of para-hydroxylation sites is 1. The first kappa shape index (κ1) is 17.7. The van der Waals surface area contributed by atoms with Crippen LogP contribution in [0.5, 0.6) is 5.75 Å². The zero-order chi connectivity index (χ0) is 20.0. The summed E-state index contributed by atoms with van der Waals surface area (Å²) < 4.78 is 6.12. The van der Waals surface area contributed by atoms with E-state index in [-0.39, 0.29) is 12.6 Å². The quantitative estimate of drug-likeness (QED) is 0.554. The van der Waals surface area contributed by atoms with Crippen LogP contribution >= 0.6 is 0 Å². The minimum Gasteiger partial charge on any atom is -0.488 e. The number of ether oxygens (including phenoxy) is 1. The molecule has 0 spiro atoms. The third kappa shape index (κ3) is 3.02. The van der Waals surface area contributed by atoms with Gasteiger partial charge in [0.25, 0.3) is 0 Å². The lowest BCUT2D eigenvalue weighted by Crippen LogP contribution is -2.43. The Bertz CT molecular complexity index is 1180. The first-order chi connectivity index (χ1) is 14.1. The molecule has 0 fully saturated rings. The number of aliphatic hydroxyl groups is 1. The van der Waals surface area contributed by atoms with Crippen molar-refractivity contribution in [2.45, 2.75) is 19.9 Å². The van der Waals surface area contributed by atoms with Gasteiger partial charge in [0.1, 0.15) is 18.2 Å². The van der Waals surface area contributed by atoms with Gasteiger partial charge in [0.05, 0.1) is 34.9 Å². The molecule has 0 saturated carbocycles. The van der Waals surface area contributed by atoms with Crippen LogP contribution < -0.4 is 9.64 Å². The van der Waals surface area contributed by atoms with Crippen LogP contribution in [0.25, 0.3) is 22.4 Å². The molecule has 0 aliphatic carbocycles. The van der Waals surface area contributed by atoms with Crippen LogP contribution in [-0.2, 0) is 0 Å². The molecule has 2 N–H and O–H groups in total. The minimum absolute atomic E-state index is 0.0247. The number of aryl methyl sites for hydroxylation is 2. The lowest BCUT2D eigenvalue weighted by Gasteiger charge is -2.37. The monoisotopic (exact) mass is 386 g/mol. The number of imidazole rings is 1. The van der Waals surface area contributed by atoms with Gasteiger partial charge in [-0.1, -0.05) is 18.2 Å². The molecule has 2 aromatic heterocycles. The fourth-order valence-electron chi connectivity index (χ4n) is 3.79. The van der Waals surface area contributed by atoms with Gasteiger partial charge in [-0.3, -0.25) is 0 Å². The van der Waals surface area contributed by atoms with Crippen LogP contribution in [0.3, 0.4) is 0 Å². The Morgan fingerprint density at radius 2 is 2.00 bits per heavy atom. The maximum atomic E-state index is 9.94. The van der Waals surface area contributed by atoms with Crippen molar-refractivity contribution in [3.05, 3.63) is 65.9 Å². The highest BCUT2D eigenvalue weighted by atomic mass is 16.5. The van der Waals surface area contributed by atoms with E-state index in [0.717, 1.165) is 45.2 Å². The Morgan fingerprint density at radius 3 is 2.79 bits per heavy atom. The average Bonchev–Trinajstić information content (AvgIpc) is 3.16. The van der Waals surface area contributed by atoms with Gasteiger partial charge in [0.2, 0.25) is 0 Å². The van der Waals surface area contributed by atoms with E-state index in [1.54, 1.807) is 0 Å². The summed E-state index contributed by atoms with van der Waals surface area (Å²) in [4.78, 5) is 14.8. The Balaban J connectivity index is 1.65. The van der Waals surface area contributed by atoms with Crippen LogP contribution in [0.2, 0.25) is 0 Å². The van der Waals surface area contributed by atoms with Gasteiger partial charge in [-0.2, -0.15) is 0 Å². The van der Waals surface area contributed by atoms with Crippen molar-refractivity contribution in [3.63, 3.8) is 0 Å². The number of anilines is 2. The summed E-state index contributed by atoms with van der Waals surface area (Å²) in [7, 11) is 0. The fraction of sp³-hybridized carbons (Fsp3) is 0.217. The number of nitrogens with one attached hydrogen (secondary N) is 1. The Hall–Kier alpha value is -3.38. The van der Waals surface area contributed by atoms with Crippen molar-refractivity contribution in [1.82, 2.24) is 15.0 Å². The lowest BCUT2D eigenvalue weighted by atomic mass is 10.1. The number of aromatic amines is 1. The predicted octanol–water partition coefficient (Wildman–Crippen LogP) is 4.13. The van der Waals surface area contributed by atoms with Crippen LogP contribution in [-0.4, -0.2) is 39.3 Å². The molecule has 0 bridgehead atoms. The van der Waals surface area contributed by atoms with Gasteiger partial charge in [-0.05, 0) is 55.3 Å². The molecule has 1 aliphatic heterocycles. The molecule has 1 aliphatic rings. The summed E-state index contributed by atoms with van der Waals surface area (Å²) >= 11 is 0. The number of aliphatic hydroxyl groups excluding tert-OH is 1. The van der Waals surface area contributed by atoms with Crippen LogP contribution in [0.1, 0.15) is 11.1 Å². The highest BCUT2D eigenvalue weighted by molar-refractivity contribution is 5.85. The number of nitrogens with zero attached hydrogens (tertiary/aromatic N) is 3. The summed E-state index contributed by atoms with van der Waals surface area (Å²) in [5, 5.41) is 9.94. The average molecular weight is 386 g/mol. The highest BCUT2D eigenvalue weighted by Gasteiger charge is 2.31. The van der Waals surface area contributed by atoms with E-state index >= 15 is 0 Å². The SMILES string of the molecule is Cc1ccc(N2c3cccc(-c4nc5cc(C)ccc5[nH]4)c3OC[C@@H]2CO)nc1. The van der Waals surface area contributed by atoms with Gasteiger partial charge < -0.3 is 19.7 Å². The molecule has 2 aromatic carbocycles. The zero-order valence-corrected chi connectivity index (χ0v) is 16.4. The summed E-state index contributed by atoms with van der Waals surface area (Å²) in [5.74, 6) is 2.30. The molecule has 5 rings (SSSR count). The van der Waals surface area contributed by atoms with Crippen molar-refractivity contribution >= 4 is 22.5 Å². The minimum atomic E-state index is -0.203. The van der Waals surface area contributed by atoms with Gasteiger partial charge >= 0.3 is 0 Å². The predicted molar refractivity (Wildman–Crippen MR) is 114 cm³/mol. The molecule has 146 valence electrons. The molecule has 0 radical (unpaired) electrons. The summed E-state index contributed by atoms with van der Waals surface area (Å²) in [5.41, 5.74) is 5.95. The normalized spacial score (nSPS) is 16.0. The molecule has 0 unspecified atom stereocenters. The molecule has 3 heterocycles. The molecule has 29 heavy (non-hydrogen) atoms. The first-order valence-corrected chi connectivity index (χ1v) is 9.69. The number of rotatable bonds is 3. The van der Waals surface area contributed by atoms with Crippen molar-refractivity contribution in [2.75, 3.05) is 18.1 Å². The van der Waals surface area contributed by atoms with Crippen molar-refractivity contribution in [2.24, 2.45) is 0 Å². The van der Waals surface area contributed by atoms with Crippen LogP contribution in [0, 0.1) is 13.8 Å². The number of aromatic nitrogens is 3. The summed E-state index contributed by atoms with van der Waals surface area (Å²) in [6.45, 7) is 4.41. The molecule has 4 aromatic rings. The third-order valence-corrected chi connectivity index (χ3v) is 5.29. The highest BCUT2D eigenvalue weighted by Crippen LogP contribution is 2.44. The van der Waals surface area contributed by atoms with Crippen molar-refractivity contribution < 1.29 is 9.84 Å². The second kappa shape index (κ2) is 6.90. The second-order valence-corrected chi connectivity index (χ2v) is 7.47. The molecule has 6 heteroatoms. The van der Waals surface area contributed by atoms with E-state index in [0.29, 0.717) is 6.61 Å². The Labute approximate surface area is 168 Å². The molecule has 1 atom stereocenters. The number of hydrogen-bond acceptors (Lipinski definition) is 5. The van der Waals surface area contributed by atoms with Gasteiger partial charge in [-0.15, -0.1) is 0 Å². The van der Waals surface area contributed by atoms with E-state index in [2.05, 4.69) is 33.9 Å². The van der Waals surface area contributed by atoms with E-state index in [1.165, 1.54) is 5.56 Å². The number of pyridine rings is 1. The van der Waals surface area contributed by atoms with E-state index in [9.17, 15) is 5.11 Å². The second-order valence-electron chi connectivity index (χ2n) is 7.47.